The molecule has 0 spiro atoms. The van der Waals surface area contributed by atoms with Crippen molar-refractivity contribution >= 4 is 23.5 Å². The molecule has 0 fully saturated rings. The SMILES string of the molecule is Cc1nn(-c2ccccn2)c2c1C(c1cccnc1)SCC(=O)N2. The molecule has 4 rings (SSSR count). The lowest BCUT2D eigenvalue weighted by molar-refractivity contribution is -0.113. The molecule has 0 aliphatic carbocycles. The van der Waals surface area contributed by atoms with Gasteiger partial charge in [-0.3, -0.25) is 9.78 Å². The molecule has 24 heavy (non-hydrogen) atoms. The minimum atomic E-state index is -0.0373. The van der Waals surface area contributed by atoms with Crippen LogP contribution in [0, 0.1) is 6.92 Å². The molecule has 3 aromatic rings. The zero-order chi connectivity index (χ0) is 16.5. The molecule has 0 saturated heterocycles. The number of carbonyl (C=O) groups is 1. The second kappa shape index (κ2) is 6.09. The number of hydrogen-bond acceptors (Lipinski definition) is 5. The van der Waals surface area contributed by atoms with Gasteiger partial charge in [0.2, 0.25) is 5.91 Å². The summed E-state index contributed by atoms with van der Waals surface area (Å²) in [5.41, 5.74) is 2.94. The van der Waals surface area contributed by atoms with E-state index in [4.69, 9.17) is 0 Å². The maximum absolute atomic E-state index is 12.2. The number of aryl methyl sites for hydroxylation is 1. The third-order valence-corrected chi connectivity index (χ3v) is 5.13. The molecular weight excluding hydrogens is 322 g/mol. The summed E-state index contributed by atoms with van der Waals surface area (Å²) >= 11 is 1.58. The molecule has 4 heterocycles. The third-order valence-electron chi connectivity index (χ3n) is 3.86. The smallest absolute Gasteiger partial charge is 0.235 e. The lowest BCUT2D eigenvalue weighted by Gasteiger charge is -2.14. The van der Waals surface area contributed by atoms with E-state index >= 15 is 0 Å². The number of nitrogens with zero attached hydrogens (tertiary/aromatic N) is 4. The number of amides is 1. The first kappa shape index (κ1) is 14.9. The summed E-state index contributed by atoms with van der Waals surface area (Å²) in [5.74, 6) is 1.72. The van der Waals surface area contributed by atoms with Crippen molar-refractivity contribution < 1.29 is 4.79 Å². The maximum atomic E-state index is 12.2. The number of hydrogen-bond donors (Lipinski definition) is 1. The number of thioether (sulfide) groups is 1. The molecule has 1 aliphatic rings. The average Bonchev–Trinajstić information content (AvgIpc) is 2.83. The molecule has 0 saturated carbocycles. The number of rotatable bonds is 2. The van der Waals surface area contributed by atoms with Gasteiger partial charge >= 0.3 is 0 Å². The monoisotopic (exact) mass is 337 g/mol. The maximum Gasteiger partial charge on any atom is 0.235 e. The molecule has 120 valence electrons. The average molecular weight is 337 g/mol. The van der Waals surface area contributed by atoms with Crippen LogP contribution >= 0.6 is 11.8 Å². The minimum Gasteiger partial charge on any atom is -0.310 e. The normalized spacial score (nSPS) is 17.0. The molecule has 0 radical (unpaired) electrons. The lowest BCUT2D eigenvalue weighted by atomic mass is 10.1. The fourth-order valence-corrected chi connectivity index (χ4v) is 3.99. The molecule has 0 bridgehead atoms. The number of carbonyl (C=O) groups excluding carboxylic acids is 1. The Morgan fingerprint density at radius 3 is 2.92 bits per heavy atom. The largest absolute Gasteiger partial charge is 0.310 e. The van der Waals surface area contributed by atoms with Gasteiger partial charge in [-0.15, -0.1) is 11.8 Å². The quantitative estimate of drug-likeness (QED) is 0.778. The van der Waals surface area contributed by atoms with E-state index in [1.807, 2.05) is 43.5 Å². The standard InChI is InChI=1S/C17H15N5OS/c1-11-15-16(12-5-4-7-18-9-12)24-10-14(23)20-17(15)22(21-11)13-6-2-3-8-19-13/h2-9,16H,10H2,1H3,(H,20,23). The first-order valence-electron chi connectivity index (χ1n) is 7.56. The van der Waals surface area contributed by atoms with Crippen molar-refractivity contribution in [2.24, 2.45) is 0 Å². The topological polar surface area (TPSA) is 72.7 Å². The highest BCUT2D eigenvalue weighted by Crippen LogP contribution is 2.43. The summed E-state index contributed by atoms with van der Waals surface area (Å²) in [5, 5.41) is 7.62. The summed E-state index contributed by atoms with van der Waals surface area (Å²) in [6, 6.07) is 9.56. The molecule has 1 aliphatic heterocycles. The number of pyridine rings is 2. The van der Waals surface area contributed by atoms with Crippen molar-refractivity contribution in [3.8, 4) is 5.82 Å². The second-order valence-corrected chi connectivity index (χ2v) is 6.57. The predicted octanol–water partition coefficient (Wildman–Crippen LogP) is 2.75. The van der Waals surface area contributed by atoms with Gasteiger partial charge in [-0.2, -0.15) is 9.78 Å². The van der Waals surface area contributed by atoms with Gasteiger partial charge in [0.1, 0.15) is 5.82 Å². The number of nitrogens with one attached hydrogen (secondary N) is 1. The van der Waals surface area contributed by atoms with E-state index < -0.39 is 0 Å². The van der Waals surface area contributed by atoms with E-state index in [0.29, 0.717) is 17.4 Å². The van der Waals surface area contributed by atoms with Crippen LogP contribution in [0.2, 0.25) is 0 Å². The Morgan fingerprint density at radius 1 is 1.25 bits per heavy atom. The molecule has 6 nitrogen and oxygen atoms in total. The van der Waals surface area contributed by atoms with Crippen molar-refractivity contribution in [1.82, 2.24) is 19.7 Å². The van der Waals surface area contributed by atoms with Crippen LogP contribution in [0.25, 0.3) is 5.82 Å². The van der Waals surface area contributed by atoms with Crippen LogP contribution < -0.4 is 5.32 Å². The number of aromatic nitrogens is 4. The molecule has 3 aromatic heterocycles. The molecule has 1 unspecified atom stereocenters. The van der Waals surface area contributed by atoms with Gasteiger partial charge in [0, 0.05) is 24.2 Å². The van der Waals surface area contributed by atoms with E-state index in [0.717, 1.165) is 16.8 Å². The minimum absolute atomic E-state index is 0.00473. The van der Waals surface area contributed by atoms with E-state index in [9.17, 15) is 4.79 Å². The lowest BCUT2D eigenvalue weighted by Crippen LogP contribution is -2.16. The van der Waals surface area contributed by atoms with Crippen LogP contribution in [0.3, 0.4) is 0 Å². The summed E-state index contributed by atoms with van der Waals surface area (Å²) in [4.78, 5) is 20.8. The number of anilines is 1. The summed E-state index contributed by atoms with van der Waals surface area (Å²) in [7, 11) is 0. The Kier molecular flexibility index (Phi) is 3.78. The van der Waals surface area contributed by atoms with Crippen molar-refractivity contribution in [3.05, 3.63) is 65.7 Å². The Bertz CT molecular complexity index is 879. The van der Waals surface area contributed by atoms with Crippen molar-refractivity contribution in [1.29, 1.82) is 0 Å². The summed E-state index contributed by atoms with van der Waals surface area (Å²) < 4.78 is 1.71. The molecule has 1 atom stereocenters. The van der Waals surface area contributed by atoms with Gasteiger partial charge in [-0.25, -0.2) is 4.98 Å². The Labute approximate surface area is 143 Å². The zero-order valence-corrected chi connectivity index (χ0v) is 13.8. The summed E-state index contributed by atoms with van der Waals surface area (Å²) in [6.45, 7) is 1.96. The van der Waals surface area contributed by atoms with Gasteiger partial charge in [0.25, 0.3) is 0 Å². The van der Waals surface area contributed by atoms with Crippen molar-refractivity contribution in [2.75, 3.05) is 11.1 Å². The highest BCUT2D eigenvalue weighted by atomic mass is 32.2. The van der Waals surface area contributed by atoms with Crippen LogP contribution in [-0.4, -0.2) is 31.4 Å². The van der Waals surface area contributed by atoms with Crippen LogP contribution in [0.15, 0.2) is 48.9 Å². The highest BCUT2D eigenvalue weighted by molar-refractivity contribution is 8.00. The highest BCUT2D eigenvalue weighted by Gasteiger charge is 2.30. The van der Waals surface area contributed by atoms with E-state index in [2.05, 4.69) is 20.4 Å². The fraction of sp³-hybridized carbons (Fsp3) is 0.176. The predicted molar refractivity (Wildman–Crippen MR) is 93.3 cm³/mol. The van der Waals surface area contributed by atoms with Gasteiger partial charge in [0.05, 0.1) is 16.7 Å². The van der Waals surface area contributed by atoms with Crippen molar-refractivity contribution in [2.45, 2.75) is 12.2 Å². The first-order chi connectivity index (χ1) is 11.7. The van der Waals surface area contributed by atoms with E-state index in [1.165, 1.54) is 0 Å². The molecule has 1 amide bonds. The van der Waals surface area contributed by atoms with Gasteiger partial charge < -0.3 is 5.32 Å². The van der Waals surface area contributed by atoms with Crippen LogP contribution in [0.1, 0.15) is 22.1 Å². The first-order valence-corrected chi connectivity index (χ1v) is 8.61. The second-order valence-electron chi connectivity index (χ2n) is 5.47. The van der Waals surface area contributed by atoms with E-state index in [1.54, 1.807) is 28.8 Å². The fourth-order valence-electron chi connectivity index (χ4n) is 2.82. The Hall–Kier alpha value is -2.67. The third kappa shape index (κ3) is 2.56. The van der Waals surface area contributed by atoms with Crippen LogP contribution in [-0.2, 0) is 4.79 Å². The Balaban J connectivity index is 1.90. The zero-order valence-electron chi connectivity index (χ0n) is 13.0. The molecule has 7 heteroatoms. The number of fused-ring (bicyclic) bond motifs is 1. The molecule has 1 N–H and O–H groups in total. The van der Waals surface area contributed by atoms with Crippen LogP contribution in [0.4, 0.5) is 5.82 Å². The molecule has 0 aromatic carbocycles. The van der Waals surface area contributed by atoms with Gasteiger partial charge in [0.15, 0.2) is 5.82 Å². The van der Waals surface area contributed by atoms with Gasteiger partial charge in [-0.1, -0.05) is 12.1 Å². The summed E-state index contributed by atoms with van der Waals surface area (Å²) in [6.07, 6.45) is 5.30. The Morgan fingerprint density at radius 2 is 2.17 bits per heavy atom. The molecular formula is C17H15N5OS. The van der Waals surface area contributed by atoms with Crippen LogP contribution in [0.5, 0.6) is 0 Å². The van der Waals surface area contributed by atoms with Crippen molar-refractivity contribution in [3.63, 3.8) is 0 Å². The van der Waals surface area contributed by atoms with Gasteiger partial charge in [-0.05, 0) is 30.7 Å². The van der Waals surface area contributed by atoms with E-state index in [-0.39, 0.29) is 11.2 Å².